The van der Waals surface area contributed by atoms with Crippen LogP contribution in [-0.2, 0) is 30.0 Å². The normalized spacial score (nSPS) is 15.1. The van der Waals surface area contributed by atoms with Crippen molar-refractivity contribution in [2.75, 3.05) is 0 Å². The van der Waals surface area contributed by atoms with Gasteiger partial charge in [-0.25, -0.2) is 9.36 Å². The van der Waals surface area contributed by atoms with Gasteiger partial charge in [0.25, 0.3) is 15.8 Å². The fourth-order valence-corrected chi connectivity index (χ4v) is 5.40. The van der Waals surface area contributed by atoms with Gasteiger partial charge in [-0.1, -0.05) is 0 Å². The van der Waals surface area contributed by atoms with E-state index in [1.807, 2.05) is 0 Å². The van der Waals surface area contributed by atoms with Crippen molar-refractivity contribution in [1.82, 2.24) is 17.6 Å². The quantitative estimate of drug-likeness (QED) is 0.715. The molecule has 1 aliphatic heterocycles. The average Bonchev–Trinajstić information content (AvgIpc) is 3.00. The van der Waals surface area contributed by atoms with E-state index < -0.39 is 33.3 Å². The van der Waals surface area contributed by atoms with Crippen molar-refractivity contribution in [2.45, 2.75) is 37.5 Å². The molecular weight excluding hydrogens is 433 g/mol. The molecule has 0 saturated heterocycles. The lowest BCUT2D eigenvalue weighted by atomic mass is 10.2. The average molecular weight is 450 g/mol. The van der Waals surface area contributed by atoms with Crippen LogP contribution in [0, 0.1) is 0 Å². The maximum Gasteiger partial charge on any atom is 0.431 e. The molecule has 0 unspecified atom stereocenters. The Labute approximate surface area is 168 Å². The van der Waals surface area contributed by atoms with E-state index in [1.54, 1.807) is 13.8 Å². The van der Waals surface area contributed by atoms with E-state index in [2.05, 4.69) is 4.72 Å². The van der Waals surface area contributed by atoms with Crippen molar-refractivity contribution >= 4 is 22.2 Å². The number of benzene rings is 1. The molecule has 0 fully saturated rings. The van der Waals surface area contributed by atoms with Crippen LogP contribution < -0.4 is 16.0 Å². The van der Waals surface area contributed by atoms with Crippen LogP contribution in [0.2, 0.25) is 0 Å². The summed E-state index contributed by atoms with van der Waals surface area (Å²) in [6.45, 7) is 3.33. The lowest BCUT2D eigenvalue weighted by Gasteiger charge is -2.16. The van der Waals surface area contributed by atoms with Gasteiger partial charge in [0.2, 0.25) is 0 Å². The number of nitrogens with one attached hydrogen (secondary N) is 1. The summed E-state index contributed by atoms with van der Waals surface area (Å²) in [5.41, 5.74) is -3.05. The number of hydrogen-bond acceptors (Lipinski definition) is 5. The smallest absolute Gasteiger partial charge is 0.292 e. The van der Waals surface area contributed by atoms with E-state index >= 15 is 0 Å². The molecule has 3 rings (SSSR count). The summed E-state index contributed by atoms with van der Waals surface area (Å²) in [4.78, 5) is 25.2. The molecule has 0 aliphatic carbocycles. The molecule has 0 radical (unpaired) electrons. The third-order valence-electron chi connectivity index (χ3n) is 4.07. The van der Waals surface area contributed by atoms with E-state index in [-0.39, 0.29) is 18.3 Å². The third-order valence-corrected chi connectivity index (χ3v) is 7.24. The van der Waals surface area contributed by atoms with Gasteiger partial charge in [0.1, 0.15) is 5.69 Å². The molecule has 29 heavy (non-hydrogen) atoms. The summed E-state index contributed by atoms with van der Waals surface area (Å²) in [6.07, 6.45) is -4.85. The predicted molar refractivity (Wildman–Crippen MR) is 101 cm³/mol. The van der Waals surface area contributed by atoms with Gasteiger partial charge < -0.3 is 0 Å². The number of hydrogen-bond donors (Lipinski definition) is 1. The van der Waals surface area contributed by atoms with Crippen molar-refractivity contribution in [3.8, 4) is 5.69 Å². The lowest BCUT2D eigenvalue weighted by molar-refractivity contribution is -0.144. The number of halogens is 3. The van der Waals surface area contributed by atoms with Crippen LogP contribution in [0.5, 0.6) is 0 Å². The summed E-state index contributed by atoms with van der Waals surface area (Å²) < 4.78 is 68.2. The second-order valence-electron chi connectivity index (χ2n) is 6.66. The number of alkyl halides is 3. The Balaban J connectivity index is 2.02. The minimum Gasteiger partial charge on any atom is -0.292 e. The molecule has 0 amide bonds. The Hall–Kier alpha value is -2.09. The van der Waals surface area contributed by atoms with Gasteiger partial charge in [-0.05, 0) is 49.6 Å². The maximum absolute atomic E-state index is 13.0. The van der Waals surface area contributed by atoms with Crippen molar-refractivity contribution in [2.24, 2.45) is 7.05 Å². The minimum atomic E-state index is -4.85. The number of aromatic nitrogens is 2. The van der Waals surface area contributed by atoms with Crippen molar-refractivity contribution in [3.63, 3.8) is 0 Å². The molecule has 0 saturated carbocycles. The SMILES string of the molecule is CC(C)NS(=O)(=O)N1Cc2cc(-n3c(=O)cc(C(F)(F)F)n(C)c3=O)ccc2S1. The van der Waals surface area contributed by atoms with Gasteiger partial charge >= 0.3 is 11.9 Å². The molecule has 1 aromatic heterocycles. The molecule has 2 heterocycles. The Morgan fingerprint density at radius 2 is 1.83 bits per heavy atom. The minimum absolute atomic E-state index is 0.0222. The highest BCUT2D eigenvalue weighted by Crippen LogP contribution is 2.38. The fraction of sp³-hybridized carbons (Fsp3) is 0.375. The van der Waals surface area contributed by atoms with Crippen LogP contribution in [-0.4, -0.2) is 27.3 Å². The summed E-state index contributed by atoms with van der Waals surface area (Å²) in [7, 11) is -2.84. The number of rotatable bonds is 4. The fourth-order valence-electron chi connectivity index (χ4n) is 2.82. The van der Waals surface area contributed by atoms with Gasteiger partial charge in [-0.3, -0.25) is 9.36 Å². The Bertz CT molecular complexity index is 1190. The first-order valence-corrected chi connectivity index (χ1v) is 10.5. The van der Waals surface area contributed by atoms with Gasteiger partial charge in [0.15, 0.2) is 0 Å². The molecule has 158 valence electrons. The van der Waals surface area contributed by atoms with Crippen LogP contribution in [0.15, 0.2) is 38.8 Å². The molecular formula is C16H17F3N4O4S2. The van der Waals surface area contributed by atoms with Crippen LogP contribution in [0.4, 0.5) is 13.2 Å². The van der Waals surface area contributed by atoms with Crippen molar-refractivity contribution in [3.05, 3.63) is 56.4 Å². The molecule has 1 N–H and O–H groups in total. The second-order valence-corrected chi connectivity index (χ2v) is 9.59. The zero-order chi connectivity index (χ0) is 21.7. The highest BCUT2D eigenvalue weighted by molar-refractivity contribution is 8.08. The van der Waals surface area contributed by atoms with E-state index in [1.165, 1.54) is 18.2 Å². The first-order valence-electron chi connectivity index (χ1n) is 8.33. The molecule has 2 aromatic rings. The Morgan fingerprint density at radius 3 is 2.41 bits per heavy atom. The third kappa shape index (κ3) is 4.13. The summed E-state index contributed by atoms with van der Waals surface area (Å²) in [5, 5.41) is 0. The van der Waals surface area contributed by atoms with E-state index in [9.17, 15) is 31.2 Å². The molecule has 0 spiro atoms. The van der Waals surface area contributed by atoms with Crippen molar-refractivity contribution in [1.29, 1.82) is 0 Å². The topological polar surface area (TPSA) is 93.4 Å². The first-order chi connectivity index (χ1) is 13.3. The lowest BCUT2D eigenvalue weighted by Crippen LogP contribution is -2.40. The summed E-state index contributed by atoms with van der Waals surface area (Å²) >= 11 is 0.970. The molecule has 1 aliphatic rings. The van der Waals surface area contributed by atoms with Crippen LogP contribution in [0.3, 0.4) is 0 Å². The van der Waals surface area contributed by atoms with Gasteiger partial charge in [0.05, 0.1) is 12.2 Å². The zero-order valence-corrected chi connectivity index (χ0v) is 17.2. The summed E-state index contributed by atoms with van der Waals surface area (Å²) in [6, 6.07) is 4.36. The highest BCUT2D eigenvalue weighted by atomic mass is 32.3. The Morgan fingerprint density at radius 1 is 1.17 bits per heavy atom. The molecule has 0 atom stereocenters. The van der Waals surface area contributed by atoms with E-state index in [4.69, 9.17) is 0 Å². The van der Waals surface area contributed by atoms with Crippen LogP contribution in [0.1, 0.15) is 25.1 Å². The summed E-state index contributed by atoms with van der Waals surface area (Å²) in [5.74, 6) is 0. The molecule has 13 heteroatoms. The molecule has 8 nitrogen and oxygen atoms in total. The van der Waals surface area contributed by atoms with E-state index in [0.29, 0.717) is 25.7 Å². The largest absolute Gasteiger partial charge is 0.431 e. The van der Waals surface area contributed by atoms with E-state index in [0.717, 1.165) is 22.7 Å². The Kier molecular flexibility index (Phi) is 5.45. The first kappa shape index (κ1) is 21.6. The standard InChI is InChI=1S/C16H17F3N4O4S2/c1-9(2)20-29(26,27)22-8-10-6-11(4-5-12(10)28-22)23-14(24)7-13(16(17,18)19)21(3)15(23)25/h4-7,9,20H,8H2,1-3H3. The van der Waals surface area contributed by atoms with Gasteiger partial charge in [0, 0.05) is 24.1 Å². The van der Waals surface area contributed by atoms with Gasteiger partial charge in [-0.15, -0.1) is 3.71 Å². The van der Waals surface area contributed by atoms with Crippen molar-refractivity contribution < 1.29 is 21.6 Å². The molecule has 1 aromatic carbocycles. The van der Waals surface area contributed by atoms with Gasteiger partial charge in [-0.2, -0.15) is 26.3 Å². The maximum atomic E-state index is 13.0. The van der Waals surface area contributed by atoms with Crippen LogP contribution in [0.25, 0.3) is 5.69 Å². The zero-order valence-electron chi connectivity index (χ0n) is 15.5. The van der Waals surface area contributed by atoms with Crippen LogP contribution >= 0.6 is 11.9 Å². The highest BCUT2D eigenvalue weighted by Gasteiger charge is 2.35. The predicted octanol–water partition coefficient (Wildman–Crippen LogP) is 1.62. The number of nitrogens with zero attached hydrogens (tertiary/aromatic N) is 3. The second kappa shape index (κ2) is 7.31. The number of fused-ring (bicyclic) bond motifs is 1. The molecule has 0 bridgehead atoms. The monoisotopic (exact) mass is 450 g/mol.